The number of rotatable bonds is 5. The van der Waals surface area contributed by atoms with Crippen LogP contribution in [-0.4, -0.2) is 21.9 Å². The summed E-state index contributed by atoms with van der Waals surface area (Å²) in [5.74, 6) is -0.291. The number of halogens is 2. The Morgan fingerprint density at radius 1 is 1.19 bits per heavy atom. The molecule has 1 heterocycles. The Morgan fingerprint density at radius 2 is 1.89 bits per heavy atom. The molecule has 0 saturated carbocycles. The van der Waals surface area contributed by atoms with E-state index in [1.54, 1.807) is 22.9 Å². The molecule has 1 aromatic heterocycles. The predicted octanol–water partition coefficient (Wildman–Crippen LogP) is 4.81. The van der Waals surface area contributed by atoms with Gasteiger partial charge in [-0.1, -0.05) is 54.4 Å². The average Bonchev–Trinajstić information content (AvgIpc) is 2.96. The Labute approximate surface area is 167 Å². The van der Waals surface area contributed by atoms with Crippen molar-refractivity contribution in [1.29, 1.82) is 0 Å². The third-order valence-corrected chi connectivity index (χ3v) is 4.80. The topological polar surface area (TPSA) is 59.3 Å². The number of nitrogens with one attached hydrogen (secondary N) is 1. The lowest BCUT2D eigenvalue weighted by atomic mass is 10.1. The molecule has 0 bridgehead atoms. The van der Waals surface area contributed by atoms with Crippen molar-refractivity contribution in [3.8, 4) is 5.69 Å². The van der Waals surface area contributed by atoms with Crippen LogP contribution in [0.3, 0.4) is 0 Å². The third kappa shape index (κ3) is 4.21. The van der Waals surface area contributed by atoms with E-state index < -0.39 is 0 Å². The summed E-state index contributed by atoms with van der Waals surface area (Å²) in [6.45, 7) is 3.88. The number of hydrogen-bond acceptors (Lipinski definition) is 3. The first-order chi connectivity index (χ1) is 13.0. The number of hydrazone groups is 1. The minimum atomic E-state index is -0.291. The van der Waals surface area contributed by atoms with E-state index in [2.05, 4.69) is 22.5 Å². The average molecular weight is 401 g/mol. The molecular formula is C20H18Cl2N4O. The summed E-state index contributed by atoms with van der Waals surface area (Å²) in [6, 6.07) is 14.7. The van der Waals surface area contributed by atoms with Crippen LogP contribution in [0.4, 0.5) is 0 Å². The van der Waals surface area contributed by atoms with Gasteiger partial charge in [0.05, 0.1) is 28.2 Å². The molecule has 1 amide bonds. The van der Waals surface area contributed by atoms with Crippen LogP contribution < -0.4 is 5.43 Å². The van der Waals surface area contributed by atoms with E-state index in [-0.39, 0.29) is 5.91 Å². The summed E-state index contributed by atoms with van der Waals surface area (Å²) < 4.78 is 1.55. The fourth-order valence-electron chi connectivity index (χ4n) is 2.55. The molecule has 0 aliphatic heterocycles. The van der Waals surface area contributed by atoms with E-state index in [0.29, 0.717) is 32.7 Å². The van der Waals surface area contributed by atoms with Crippen LogP contribution in [-0.2, 0) is 6.42 Å². The van der Waals surface area contributed by atoms with Crippen LogP contribution in [0.15, 0.2) is 53.6 Å². The van der Waals surface area contributed by atoms with Crippen LogP contribution in [0.2, 0.25) is 10.2 Å². The first kappa shape index (κ1) is 19.1. The maximum absolute atomic E-state index is 12.2. The molecule has 5 nitrogen and oxygen atoms in total. The Balaban J connectivity index is 1.77. The highest BCUT2D eigenvalue weighted by Gasteiger charge is 2.15. The first-order valence-electron chi connectivity index (χ1n) is 8.43. The van der Waals surface area contributed by atoms with Gasteiger partial charge in [-0.2, -0.15) is 10.2 Å². The number of aryl methyl sites for hydroxylation is 2. The molecule has 0 saturated heterocycles. The third-order valence-electron chi connectivity index (χ3n) is 4.11. The fraction of sp³-hybridized carbons (Fsp3) is 0.150. The van der Waals surface area contributed by atoms with Crippen LogP contribution in [0.25, 0.3) is 5.69 Å². The molecule has 138 valence electrons. The monoisotopic (exact) mass is 400 g/mol. The number of aromatic nitrogens is 2. The molecule has 0 radical (unpaired) electrons. The minimum absolute atomic E-state index is 0.291. The highest BCUT2D eigenvalue weighted by atomic mass is 35.5. The summed E-state index contributed by atoms with van der Waals surface area (Å²) >= 11 is 12.7. The summed E-state index contributed by atoms with van der Waals surface area (Å²) in [4.78, 5) is 12.2. The van der Waals surface area contributed by atoms with Gasteiger partial charge < -0.3 is 0 Å². The molecule has 0 spiro atoms. The van der Waals surface area contributed by atoms with Gasteiger partial charge in [0.15, 0.2) is 0 Å². The summed E-state index contributed by atoms with van der Waals surface area (Å²) in [5.41, 5.74) is 6.17. The summed E-state index contributed by atoms with van der Waals surface area (Å²) in [6.07, 6.45) is 2.41. The van der Waals surface area contributed by atoms with Crippen LogP contribution in [0.5, 0.6) is 0 Å². The number of para-hydroxylation sites is 1. The van der Waals surface area contributed by atoms with E-state index in [1.807, 2.05) is 37.3 Å². The van der Waals surface area contributed by atoms with Gasteiger partial charge in [-0.3, -0.25) is 4.79 Å². The molecule has 3 rings (SSSR count). The predicted molar refractivity (Wildman–Crippen MR) is 109 cm³/mol. The molecule has 3 aromatic rings. The zero-order valence-corrected chi connectivity index (χ0v) is 16.4. The summed E-state index contributed by atoms with van der Waals surface area (Å²) in [7, 11) is 0. The minimum Gasteiger partial charge on any atom is -0.267 e. The van der Waals surface area contributed by atoms with Crippen molar-refractivity contribution in [2.75, 3.05) is 0 Å². The van der Waals surface area contributed by atoms with Gasteiger partial charge in [-0.15, -0.1) is 0 Å². The van der Waals surface area contributed by atoms with Gasteiger partial charge in [0, 0.05) is 5.56 Å². The number of amides is 1. The molecule has 7 heteroatoms. The van der Waals surface area contributed by atoms with E-state index in [4.69, 9.17) is 23.2 Å². The van der Waals surface area contributed by atoms with Crippen molar-refractivity contribution < 1.29 is 4.79 Å². The van der Waals surface area contributed by atoms with Crippen molar-refractivity contribution in [1.82, 2.24) is 15.2 Å². The maximum Gasteiger partial charge on any atom is 0.271 e. The zero-order valence-electron chi connectivity index (χ0n) is 14.9. The SMILES string of the molecule is CCc1ccc(C(=O)N/N=C\c2c(C)nn(-c3ccccc3Cl)c2Cl)cc1. The van der Waals surface area contributed by atoms with Gasteiger partial charge in [0.25, 0.3) is 5.91 Å². The van der Waals surface area contributed by atoms with Crippen molar-refractivity contribution in [2.24, 2.45) is 5.10 Å². The number of benzene rings is 2. The smallest absolute Gasteiger partial charge is 0.267 e. The molecular weight excluding hydrogens is 383 g/mol. The standard InChI is InChI=1S/C20H18Cl2N4O/c1-3-14-8-10-15(11-9-14)20(27)24-23-12-16-13(2)25-26(19(16)22)18-7-5-4-6-17(18)21/h4-12H,3H2,1-2H3,(H,24,27)/b23-12-. The normalized spacial score (nSPS) is 11.1. The lowest BCUT2D eigenvalue weighted by Gasteiger charge is -2.05. The van der Waals surface area contributed by atoms with Crippen LogP contribution in [0, 0.1) is 6.92 Å². The Hall–Kier alpha value is -2.63. The second-order valence-corrected chi connectivity index (χ2v) is 6.67. The highest BCUT2D eigenvalue weighted by molar-refractivity contribution is 6.34. The van der Waals surface area contributed by atoms with Gasteiger partial charge in [-0.25, -0.2) is 10.1 Å². The largest absolute Gasteiger partial charge is 0.271 e. The Morgan fingerprint density at radius 3 is 2.56 bits per heavy atom. The fourth-order valence-corrected chi connectivity index (χ4v) is 3.08. The maximum atomic E-state index is 12.2. The second-order valence-electron chi connectivity index (χ2n) is 5.90. The van der Waals surface area contributed by atoms with Crippen molar-refractivity contribution in [2.45, 2.75) is 20.3 Å². The Bertz CT molecular complexity index is 994. The van der Waals surface area contributed by atoms with E-state index in [0.717, 1.165) is 6.42 Å². The highest BCUT2D eigenvalue weighted by Crippen LogP contribution is 2.26. The lowest BCUT2D eigenvalue weighted by molar-refractivity contribution is 0.0955. The number of hydrogen-bond donors (Lipinski definition) is 1. The Kier molecular flexibility index (Phi) is 5.94. The molecule has 0 aliphatic rings. The number of nitrogens with zero attached hydrogens (tertiary/aromatic N) is 3. The van der Waals surface area contributed by atoms with Crippen molar-refractivity contribution >= 4 is 35.3 Å². The van der Waals surface area contributed by atoms with Crippen LogP contribution >= 0.6 is 23.2 Å². The van der Waals surface area contributed by atoms with E-state index in [9.17, 15) is 4.79 Å². The molecule has 27 heavy (non-hydrogen) atoms. The first-order valence-corrected chi connectivity index (χ1v) is 9.19. The van der Waals surface area contributed by atoms with Gasteiger partial charge in [0.2, 0.25) is 0 Å². The molecule has 0 fully saturated rings. The molecule has 0 aliphatic carbocycles. The molecule has 1 N–H and O–H groups in total. The quantitative estimate of drug-likeness (QED) is 0.493. The van der Waals surface area contributed by atoms with Gasteiger partial charge >= 0.3 is 0 Å². The number of carbonyl (C=O) groups excluding carboxylic acids is 1. The molecule has 0 atom stereocenters. The van der Waals surface area contributed by atoms with Gasteiger partial charge in [-0.05, 0) is 43.2 Å². The van der Waals surface area contributed by atoms with Gasteiger partial charge in [0.1, 0.15) is 5.15 Å². The zero-order chi connectivity index (χ0) is 19.4. The van der Waals surface area contributed by atoms with E-state index in [1.165, 1.54) is 11.8 Å². The van der Waals surface area contributed by atoms with Crippen molar-refractivity contribution in [3.63, 3.8) is 0 Å². The molecule has 2 aromatic carbocycles. The molecule has 0 unspecified atom stereocenters. The number of carbonyl (C=O) groups is 1. The van der Waals surface area contributed by atoms with E-state index >= 15 is 0 Å². The van der Waals surface area contributed by atoms with Crippen molar-refractivity contribution in [3.05, 3.63) is 81.1 Å². The summed E-state index contributed by atoms with van der Waals surface area (Å²) in [5, 5.41) is 9.33. The lowest BCUT2D eigenvalue weighted by Crippen LogP contribution is -2.17. The van der Waals surface area contributed by atoms with Crippen LogP contribution in [0.1, 0.15) is 34.1 Å². The second kappa shape index (κ2) is 8.37.